The van der Waals surface area contributed by atoms with Gasteiger partial charge in [0.25, 0.3) is 0 Å². The molecule has 0 spiro atoms. The topological polar surface area (TPSA) is 58.8 Å². The molecule has 90 valence electrons. The molecule has 0 amide bonds. The Kier molecular flexibility index (Phi) is 3.40. The fourth-order valence-corrected chi connectivity index (χ4v) is 1.46. The molecule has 18 heavy (non-hydrogen) atoms. The number of hydrogen-bond donors (Lipinski definition) is 0. The van der Waals surface area contributed by atoms with E-state index < -0.39 is 5.82 Å². The predicted octanol–water partition coefficient (Wildman–Crippen LogP) is 3.24. The van der Waals surface area contributed by atoms with Crippen molar-refractivity contribution in [1.82, 2.24) is 9.97 Å². The van der Waals surface area contributed by atoms with Crippen molar-refractivity contribution in [3.63, 3.8) is 0 Å². The Labute approximate surface area is 108 Å². The van der Waals surface area contributed by atoms with Gasteiger partial charge in [0.2, 0.25) is 0 Å². The van der Waals surface area contributed by atoms with E-state index in [1.165, 1.54) is 24.3 Å². The summed E-state index contributed by atoms with van der Waals surface area (Å²) in [6.45, 7) is 1.72. The quantitative estimate of drug-likeness (QED) is 0.834. The van der Waals surface area contributed by atoms with Crippen molar-refractivity contribution in [3.05, 3.63) is 46.5 Å². The molecule has 0 saturated heterocycles. The summed E-state index contributed by atoms with van der Waals surface area (Å²) in [7, 11) is 0. The van der Waals surface area contributed by atoms with E-state index >= 15 is 0 Å². The van der Waals surface area contributed by atoms with E-state index in [9.17, 15) is 4.39 Å². The van der Waals surface area contributed by atoms with Crippen LogP contribution in [-0.2, 0) is 0 Å². The summed E-state index contributed by atoms with van der Waals surface area (Å²) in [5.41, 5.74) is 0.801. The van der Waals surface area contributed by atoms with E-state index in [1.807, 2.05) is 6.07 Å². The zero-order chi connectivity index (χ0) is 13.1. The minimum absolute atomic E-state index is 0.0224. The van der Waals surface area contributed by atoms with E-state index in [1.54, 1.807) is 6.92 Å². The number of aryl methyl sites for hydroxylation is 1. The number of halogens is 2. The minimum atomic E-state index is -0.535. The Morgan fingerprint density at radius 3 is 2.78 bits per heavy atom. The van der Waals surface area contributed by atoms with Gasteiger partial charge >= 0.3 is 6.01 Å². The maximum absolute atomic E-state index is 13.0. The van der Waals surface area contributed by atoms with Crippen LogP contribution in [0.1, 0.15) is 11.4 Å². The fourth-order valence-electron chi connectivity index (χ4n) is 1.29. The van der Waals surface area contributed by atoms with Gasteiger partial charge in [0, 0.05) is 11.8 Å². The molecule has 0 saturated carbocycles. The molecular formula is C12H7ClFN3O. The van der Waals surface area contributed by atoms with Gasteiger partial charge in [-0.15, -0.1) is 0 Å². The second kappa shape index (κ2) is 4.98. The van der Waals surface area contributed by atoms with Crippen molar-refractivity contribution in [3.8, 4) is 17.8 Å². The fraction of sp³-hybridized carbons (Fsp3) is 0.0833. The van der Waals surface area contributed by atoms with E-state index in [0.717, 1.165) is 0 Å². The molecule has 0 aliphatic rings. The lowest BCUT2D eigenvalue weighted by Crippen LogP contribution is -1.96. The van der Waals surface area contributed by atoms with Crippen LogP contribution in [0.2, 0.25) is 5.02 Å². The van der Waals surface area contributed by atoms with Crippen molar-refractivity contribution >= 4 is 11.6 Å². The van der Waals surface area contributed by atoms with Crippen molar-refractivity contribution in [1.29, 1.82) is 5.26 Å². The molecule has 1 aromatic heterocycles. The highest BCUT2D eigenvalue weighted by Gasteiger charge is 2.06. The highest BCUT2D eigenvalue weighted by Crippen LogP contribution is 2.24. The third kappa shape index (κ3) is 2.73. The number of ether oxygens (including phenoxy) is 1. The maximum atomic E-state index is 13.0. The summed E-state index contributed by atoms with van der Waals surface area (Å²) in [4.78, 5) is 7.88. The Balaban J connectivity index is 2.31. The van der Waals surface area contributed by atoms with Crippen LogP contribution in [0.25, 0.3) is 0 Å². The van der Waals surface area contributed by atoms with Gasteiger partial charge in [0.1, 0.15) is 23.3 Å². The average Bonchev–Trinajstić information content (AvgIpc) is 2.33. The SMILES string of the molecule is Cc1cc(C#N)nc(Oc2ccc(F)c(Cl)c2)n1. The maximum Gasteiger partial charge on any atom is 0.323 e. The summed E-state index contributed by atoms with van der Waals surface area (Å²) >= 11 is 5.62. The van der Waals surface area contributed by atoms with Crippen molar-refractivity contribution in [2.45, 2.75) is 6.92 Å². The second-order valence-corrected chi connectivity index (χ2v) is 3.87. The summed E-state index contributed by atoms with van der Waals surface area (Å²) in [5, 5.41) is 8.71. The summed E-state index contributed by atoms with van der Waals surface area (Å²) in [6, 6.07) is 7.35. The van der Waals surface area contributed by atoms with Crippen LogP contribution in [0.5, 0.6) is 11.8 Å². The van der Waals surface area contributed by atoms with Crippen LogP contribution >= 0.6 is 11.6 Å². The third-order valence-electron chi connectivity index (χ3n) is 2.05. The molecule has 0 N–H and O–H groups in total. The average molecular weight is 264 g/mol. The van der Waals surface area contributed by atoms with Gasteiger partial charge in [-0.3, -0.25) is 0 Å². The Morgan fingerprint density at radius 2 is 2.11 bits per heavy atom. The van der Waals surface area contributed by atoms with Crippen LogP contribution < -0.4 is 4.74 Å². The lowest BCUT2D eigenvalue weighted by Gasteiger charge is -2.05. The lowest BCUT2D eigenvalue weighted by molar-refractivity contribution is 0.438. The second-order valence-electron chi connectivity index (χ2n) is 3.47. The van der Waals surface area contributed by atoms with Crippen LogP contribution in [0.3, 0.4) is 0 Å². The number of nitriles is 1. The lowest BCUT2D eigenvalue weighted by atomic mass is 10.3. The molecule has 0 aliphatic heterocycles. The monoisotopic (exact) mass is 263 g/mol. The van der Waals surface area contributed by atoms with Crippen LogP contribution in [0, 0.1) is 24.1 Å². The molecular weight excluding hydrogens is 257 g/mol. The molecule has 6 heteroatoms. The van der Waals surface area contributed by atoms with Crippen molar-refractivity contribution in [2.24, 2.45) is 0 Å². The largest absolute Gasteiger partial charge is 0.424 e. The molecule has 0 fully saturated rings. The van der Waals surface area contributed by atoms with Gasteiger partial charge in [-0.05, 0) is 25.1 Å². The molecule has 0 unspecified atom stereocenters. The van der Waals surface area contributed by atoms with Crippen molar-refractivity contribution < 1.29 is 9.13 Å². The van der Waals surface area contributed by atoms with Crippen LogP contribution in [0.4, 0.5) is 4.39 Å². The van der Waals surface area contributed by atoms with Gasteiger partial charge < -0.3 is 4.74 Å². The highest BCUT2D eigenvalue weighted by molar-refractivity contribution is 6.30. The zero-order valence-electron chi connectivity index (χ0n) is 9.32. The molecule has 2 rings (SSSR count). The summed E-state index contributed by atoms with van der Waals surface area (Å²) in [5.74, 6) is -0.234. The number of rotatable bonds is 2. The first-order valence-electron chi connectivity index (χ1n) is 4.97. The van der Waals surface area contributed by atoms with E-state index in [4.69, 9.17) is 21.6 Å². The predicted molar refractivity (Wildman–Crippen MR) is 63.0 cm³/mol. The third-order valence-corrected chi connectivity index (χ3v) is 2.34. The Hall–Kier alpha value is -2.19. The standard InChI is InChI=1S/C12H7ClFN3O/c1-7-4-8(6-15)17-12(16-7)18-9-2-3-11(14)10(13)5-9/h2-5H,1H3. The first-order chi connectivity index (χ1) is 8.58. The van der Waals surface area contributed by atoms with Gasteiger partial charge in [-0.1, -0.05) is 11.6 Å². The molecule has 0 radical (unpaired) electrons. The summed E-state index contributed by atoms with van der Waals surface area (Å²) in [6.07, 6.45) is 0. The Bertz CT molecular complexity index is 640. The van der Waals surface area contributed by atoms with Crippen molar-refractivity contribution in [2.75, 3.05) is 0 Å². The minimum Gasteiger partial charge on any atom is -0.424 e. The van der Waals surface area contributed by atoms with Gasteiger partial charge in [-0.25, -0.2) is 9.37 Å². The molecule has 1 aromatic carbocycles. The molecule has 4 nitrogen and oxygen atoms in total. The molecule has 0 atom stereocenters. The molecule has 0 aliphatic carbocycles. The van der Waals surface area contributed by atoms with E-state index in [0.29, 0.717) is 11.4 Å². The van der Waals surface area contributed by atoms with E-state index in [2.05, 4.69) is 9.97 Å². The van der Waals surface area contributed by atoms with Crippen LogP contribution in [0.15, 0.2) is 24.3 Å². The number of nitrogens with zero attached hydrogens (tertiary/aromatic N) is 3. The first kappa shape index (κ1) is 12.3. The van der Waals surface area contributed by atoms with Gasteiger partial charge in [-0.2, -0.15) is 10.2 Å². The first-order valence-corrected chi connectivity index (χ1v) is 5.35. The van der Waals surface area contributed by atoms with E-state index in [-0.39, 0.29) is 16.7 Å². The van der Waals surface area contributed by atoms with Gasteiger partial charge in [0.15, 0.2) is 0 Å². The number of aromatic nitrogens is 2. The van der Waals surface area contributed by atoms with Crippen LogP contribution in [-0.4, -0.2) is 9.97 Å². The Morgan fingerprint density at radius 1 is 1.33 bits per heavy atom. The molecule has 0 bridgehead atoms. The highest BCUT2D eigenvalue weighted by atomic mass is 35.5. The number of hydrogen-bond acceptors (Lipinski definition) is 4. The normalized spacial score (nSPS) is 9.89. The number of benzene rings is 1. The zero-order valence-corrected chi connectivity index (χ0v) is 10.1. The summed E-state index contributed by atoms with van der Waals surface area (Å²) < 4.78 is 18.3. The molecule has 2 aromatic rings. The smallest absolute Gasteiger partial charge is 0.323 e. The van der Waals surface area contributed by atoms with Gasteiger partial charge in [0.05, 0.1) is 5.02 Å². The molecule has 1 heterocycles.